The summed E-state index contributed by atoms with van der Waals surface area (Å²) in [5.74, 6) is -1.23. The molecule has 1 atom stereocenters. The van der Waals surface area contributed by atoms with Gasteiger partial charge in [-0.2, -0.15) is 0 Å². The van der Waals surface area contributed by atoms with E-state index in [1.165, 1.54) is 0 Å². The Labute approximate surface area is 95.2 Å². The molecule has 0 spiro atoms. The number of hydrogen-bond acceptors (Lipinski definition) is 3. The molecule has 1 aliphatic carbocycles. The monoisotopic (exact) mass is 229 g/mol. The van der Waals surface area contributed by atoms with E-state index in [0.29, 0.717) is 12.8 Å². The quantitative estimate of drug-likeness (QED) is 0.705. The Hall–Kier alpha value is -1.10. The lowest BCUT2D eigenvalue weighted by molar-refractivity contribution is -0.146. The Balaban J connectivity index is 2.10. The van der Waals surface area contributed by atoms with Crippen LogP contribution in [0.2, 0.25) is 0 Å². The summed E-state index contributed by atoms with van der Waals surface area (Å²) in [5, 5.41) is 11.4. The van der Waals surface area contributed by atoms with Gasteiger partial charge in [0, 0.05) is 6.04 Å². The molecular weight excluding hydrogens is 210 g/mol. The van der Waals surface area contributed by atoms with E-state index in [2.05, 4.69) is 5.32 Å². The van der Waals surface area contributed by atoms with E-state index in [0.717, 1.165) is 6.42 Å². The number of carboxylic acids is 1. The zero-order chi connectivity index (χ0) is 12.1. The number of rotatable bonds is 6. The number of hydrogen-bond donors (Lipinski definition) is 2. The highest BCUT2D eigenvalue weighted by Gasteiger charge is 2.35. The Morgan fingerprint density at radius 3 is 2.62 bits per heavy atom. The Kier molecular flexibility index (Phi) is 4.73. The molecule has 0 aromatic rings. The Bertz CT molecular complexity index is 261. The lowest BCUT2D eigenvalue weighted by Gasteiger charge is -2.32. The summed E-state index contributed by atoms with van der Waals surface area (Å²) in [6.07, 6.45) is 2.02. The molecule has 0 aromatic heterocycles. The first-order valence-corrected chi connectivity index (χ1v) is 5.66. The van der Waals surface area contributed by atoms with Crippen LogP contribution in [-0.4, -0.2) is 35.7 Å². The molecular formula is C11H19NO4. The summed E-state index contributed by atoms with van der Waals surface area (Å²) in [6, 6.07) is 0.00846. The van der Waals surface area contributed by atoms with Gasteiger partial charge in [0.25, 0.3) is 0 Å². The van der Waals surface area contributed by atoms with Gasteiger partial charge < -0.3 is 15.2 Å². The van der Waals surface area contributed by atoms with Crippen LogP contribution in [0.3, 0.4) is 0 Å². The number of carbonyl (C=O) groups is 2. The number of ether oxygens (including phenoxy) is 1. The Morgan fingerprint density at radius 2 is 2.12 bits per heavy atom. The predicted molar refractivity (Wildman–Crippen MR) is 58.0 cm³/mol. The molecule has 0 aromatic carbocycles. The molecule has 0 radical (unpaired) electrons. The zero-order valence-corrected chi connectivity index (χ0v) is 9.73. The average molecular weight is 229 g/mol. The number of aliphatic carboxylic acids is 1. The van der Waals surface area contributed by atoms with Crippen LogP contribution in [0, 0.1) is 5.92 Å². The molecule has 0 aliphatic heterocycles. The second-order valence-corrected chi connectivity index (χ2v) is 4.30. The molecule has 0 bridgehead atoms. The van der Waals surface area contributed by atoms with Crippen molar-refractivity contribution in [3.8, 4) is 0 Å². The lowest BCUT2D eigenvalue weighted by Crippen LogP contribution is -2.47. The van der Waals surface area contributed by atoms with Gasteiger partial charge in [-0.3, -0.25) is 9.59 Å². The zero-order valence-electron chi connectivity index (χ0n) is 9.73. The average Bonchev–Trinajstić information content (AvgIpc) is 2.18. The molecule has 1 aliphatic rings. The standard InChI is InChI=1S/C11H19NO4/c1-3-7(2)16-6-10(13)12-9-4-8(5-9)11(14)15/h7-9H,3-6H2,1-2H3,(H,12,13)(H,14,15). The van der Waals surface area contributed by atoms with E-state index in [1.807, 2.05) is 13.8 Å². The van der Waals surface area contributed by atoms with Gasteiger partial charge in [-0.1, -0.05) is 6.92 Å². The minimum Gasteiger partial charge on any atom is -0.481 e. The maximum absolute atomic E-state index is 11.4. The van der Waals surface area contributed by atoms with Crippen molar-refractivity contribution in [3.05, 3.63) is 0 Å². The van der Waals surface area contributed by atoms with Crippen molar-refractivity contribution >= 4 is 11.9 Å². The van der Waals surface area contributed by atoms with Crippen LogP contribution in [0.1, 0.15) is 33.1 Å². The summed E-state index contributed by atoms with van der Waals surface area (Å²) < 4.78 is 5.27. The van der Waals surface area contributed by atoms with Gasteiger partial charge in [0.1, 0.15) is 6.61 Å². The molecule has 1 saturated carbocycles. The summed E-state index contributed by atoms with van der Waals surface area (Å²) in [4.78, 5) is 21.9. The van der Waals surface area contributed by atoms with Crippen LogP contribution >= 0.6 is 0 Å². The SMILES string of the molecule is CCC(C)OCC(=O)NC1CC(C(=O)O)C1. The third kappa shape index (κ3) is 3.81. The molecule has 0 heterocycles. The molecule has 16 heavy (non-hydrogen) atoms. The predicted octanol–water partition coefficient (Wildman–Crippen LogP) is 0.781. The van der Waals surface area contributed by atoms with Crippen LogP contribution in [0.15, 0.2) is 0 Å². The number of nitrogens with one attached hydrogen (secondary N) is 1. The van der Waals surface area contributed by atoms with Gasteiger partial charge in [-0.25, -0.2) is 0 Å². The summed E-state index contributed by atoms with van der Waals surface area (Å²) in [5.41, 5.74) is 0. The van der Waals surface area contributed by atoms with Gasteiger partial charge in [0.2, 0.25) is 5.91 Å². The highest BCUT2D eigenvalue weighted by Crippen LogP contribution is 2.27. The summed E-state index contributed by atoms with van der Waals surface area (Å²) >= 11 is 0. The molecule has 1 unspecified atom stereocenters. The van der Waals surface area contributed by atoms with Crippen molar-refractivity contribution in [2.24, 2.45) is 5.92 Å². The number of amides is 1. The fourth-order valence-corrected chi connectivity index (χ4v) is 1.54. The third-order valence-corrected chi connectivity index (χ3v) is 2.93. The first kappa shape index (κ1) is 13.0. The van der Waals surface area contributed by atoms with Gasteiger partial charge in [-0.05, 0) is 26.2 Å². The first-order chi connectivity index (χ1) is 7.52. The van der Waals surface area contributed by atoms with Crippen LogP contribution in [-0.2, 0) is 14.3 Å². The van der Waals surface area contributed by atoms with Crippen molar-refractivity contribution in [3.63, 3.8) is 0 Å². The van der Waals surface area contributed by atoms with Crippen LogP contribution in [0.4, 0.5) is 0 Å². The fraction of sp³-hybridized carbons (Fsp3) is 0.818. The molecule has 5 heteroatoms. The van der Waals surface area contributed by atoms with E-state index >= 15 is 0 Å². The number of carbonyl (C=O) groups excluding carboxylic acids is 1. The first-order valence-electron chi connectivity index (χ1n) is 5.66. The summed E-state index contributed by atoms with van der Waals surface area (Å²) in [7, 11) is 0. The Morgan fingerprint density at radius 1 is 1.50 bits per heavy atom. The summed E-state index contributed by atoms with van der Waals surface area (Å²) in [6.45, 7) is 3.96. The molecule has 1 amide bonds. The molecule has 5 nitrogen and oxygen atoms in total. The fourth-order valence-electron chi connectivity index (χ4n) is 1.54. The van der Waals surface area contributed by atoms with E-state index in [9.17, 15) is 9.59 Å². The van der Waals surface area contributed by atoms with Crippen molar-refractivity contribution in [2.45, 2.75) is 45.3 Å². The smallest absolute Gasteiger partial charge is 0.306 e. The van der Waals surface area contributed by atoms with E-state index in [4.69, 9.17) is 9.84 Å². The van der Waals surface area contributed by atoms with Crippen LogP contribution in [0.25, 0.3) is 0 Å². The molecule has 1 rings (SSSR count). The van der Waals surface area contributed by atoms with Crippen molar-refractivity contribution in [1.82, 2.24) is 5.32 Å². The van der Waals surface area contributed by atoms with Crippen molar-refractivity contribution < 1.29 is 19.4 Å². The minimum atomic E-state index is -0.777. The van der Waals surface area contributed by atoms with Gasteiger partial charge in [-0.15, -0.1) is 0 Å². The molecule has 1 fully saturated rings. The highest BCUT2D eigenvalue weighted by atomic mass is 16.5. The lowest BCUT2D eigenvalue weighted by atomic mass is 9.80. The van der Waals surface area contributed by atoms with E-state index in [1.54, 1.807) is 0 Å². The molecule has 2 N–H and O–H groups in total. The second-order valence-electron chi connectivity index (χ2n) is 4.30. The number of carboxylic acid groups (broad SMARTS) is 1. The molecule has 0 saturated heterocycles. The van der Waals surface area contributed by atoms with E-state index in [-0.39, 0.29) is 30.6 Å². The van der Waals surface area contributed by atoms with Crippen molar-refractivity contribution in [2.75, 3.05) is 6.61 Å². The van der Waals surface area contributed by atoms with Crippen LogP contribution < -0.4 is 5.32 Å². The highest BCUT2D eigenvalue weighted by molar-refractivity contribution is 5.78. The largest absolute Gasteiger partial charge is 0.481 e. The molecule has 92 valence electrons. The maximum atomic E-state index is 11.4. The normalized spacial score (nSPS) is 25.6. The van der Waals surface area contributed by atoms with Crippen LogP contribution in [0.5, 0.6) is 0 Å². The van der Waals surface area contributed by atoms with Gasteiger partial charge >= 0.3 is 5.97 Å². The van der Waals surface area contributed by atoms with Crippen molar-refractivity contribution in [1.29, 1.82) is 0 Å². The minimum absolute atomic E-state index is 0.00846. The van der Waals surface area contributed by atoms with Gasteiger partial charge in [0.05, 0.1) is 12.0 Å². The topological polar surface area (TPSA) is 75.6 Å². The third-order valence-electron chi connectivity index (χ3n) is 2.93. The maximum Gasteiger partial charge on any atom is 0.306 e. The second kappa shape index (κ2) is 5.84. The van der Waals surface area contributed by atoms with E-state index < -0.39 is 5.97 Å². The van der Waals surface area contributed by atoms with Gasteiger partial charge in [0.15, 0.2) is 0 Å².